The predicted molar refractivity (Wildman–Crippen MR) is 106 cm³/mol. The van der Waals surface area contributed by atoms with Gasteiger partial charge in [-0.15, -0.1) is 0 Å². The fourth-order valence-electron chi connectivity index (χ4n) is 3.11. The molecule has 4 N–H and O–H groups in total. The third-order valence-electron chi connectivity index (χ3n) is 4.76. The van der Waals surface area contributed by atoms with Crippen molar-refractivity contribution in [1.82, 2.24) is 15.1 Å². The highest BCUT2D eigenvalue weighted by molar-refractivity contribution is 5.95. The van der Waals surface area contributed by atoms with Gasteiger partial charge >= 0.3 is 0 Å². The number of fused-ring (bicyclic) bond motifs is 1. The summed E-state index contributed by atoms with van der Waals surface area (Å²) in [5.41, 5.74) is 8.27. The summed E-state index contributed by atoms with van der Waals surface area (Å²) in [4.78, 5) is 18.4. The van der Waals surface area contributed by atoms with Crippen molar-refractivity contribution in [1.29, 1.82) is 10.7 Å². The fourth-order valence-corrected chi connectivity index (χ4v) is 3.11. The van der Waals surface area contributed by atoms with E-state index >= 15 is 0 Å². The molecule has 138 valence electrons. The van der Waals surface area contributed by atoms with Crippen LogP contribution in [0.3, 0.4) is 0 Å². The molecule has 1 unspecified atom stereocenters. The fraction of sp³-hybridized carbons (Fsp3) is 0.316. The first kappa shape index (κ1) is 18.6. The number of hydrogen-bond acceptors (Lipinski definition) is 7. The van der Waals surface area contributed by atoms with Crippen LogP contribution >= 0.6 is 0 Å². The highest BCUT2D eigenvalue weighted by Gasteiger charge is 2.19. The summed E-state index contributed by atoms with van der Waals surface area (Å²) < 4.78 is 0. The Kier molecular flexibility index (Phi) is 5.54. The topological polar surface area (TPSA) is 135 Å². The lowest BCUT2D eigenvalue weighted by molar-refractivity contribution is 0.311. The van der Waals surface area contributed by atoms with Crippen LogP contribution in [-0.4, -0.2) is 46.7 Å². The van der Waals surface area contributed by atoms with Crippen molar-refractivity contribution >= 4 is 28.3 Å². The number of nitriles is 1. The minimum Gasteiger partial charge on any atom is -0.325 e. The Hall–Kier alpha value is -3.15. The van der Waals surface area contributed by atoms with Gasteiger partial charge in [-0.3, -0.25) is 20.1 Å². The molecule has 0 radical (unpaired) electrons. The first-order valence-electron chi connectivity index (χ1n) is 8.65. The van der Waals surface area contributed by atoms with Gasteiger partial charge in [0.25, 0.3) is 5.56 Å². The molecule has 0 saturated heterocycles. The number of aromatic nitrogens is 2. The Bertz CT molecular complexity index is 1030. The smallest absolute Gasteiger partial charge is 0.272 e. The van der Waals surface area contributed by atoms with Crippen LogP contribution in [0.15, 0.2) is 34.2 Å². The molecule has 8 heteroatoms. The molecule has 1 aliphatic rings. The quantitative estimate of drug-likeness (QED) is 0.667. The van der Waals surface area contributed by atoms with Crippen LogP contribution in [0.2, 0.25) is 0 Å². The molecule has 1 atom stereocenters. The number of nitrogens with one attached hydrogen (secondary N) is 2. The maximum atomic E-state index is 12.0. The number of aliphatic imine (C=N–C) groups is 1. The van der Waals surface area contributed by atoms with Crippen molar-refractivity contribution < 1.29 is 0 Å². The SMILES string of the molecule is CN(CCC(=N)C#N)C1C=NC=C(c2ccc3c(=O)[nH]nc(CN)c3c2)C1. The van der Waals surface area contributed by atoms with Crippen molar-refractivity contribution in [3.8, 4) is 6.07 Å². The second kappa shape index (κ2) is 8.03. The first-order valence-corrected chi connectivity index (χ1v) is 8.65. The molecule has 2 heterocycles. The highest BCUT2D eigenvalue weighted by atomic mass is 16.1. The molecule has 1 aromatic heterocycles. The second-order valence-corrected chi connectivity index (χ2v) is 6.51. The lowest BCUT2D eigenvalue weighted by Gasteiger charge is -2.27. The summed E-state index contributed by atoms with van der Waals surface area (Å²) in [6.45, 7) is 0.856. The van der Waals surface area contributed by atoms with E-state index in [0.717, 1.165) is 22.9 Å². The van der Waals surface area contributed by atoms with Crippen molar-refractivity contribution in [3.63, 3.8) is 0 Å². The number of H-pyrrole nitrogens is 1. The van der Waals surface area contributed by atoms with Gasteiger partial charge in [0.05, 0.1) is 11.1 Å². The maximum absolute atomic E-state index is 12.0. The number of hydrogen-bond donors (Lipinski definition) is 3. The van der Waals surface area contributed by atoms with Crippen molar-refractivity contribution in [2.75, 3.05) is 13.6 Å². The lowest BCUT2D eigenvalue weighted by Crippen LogP contribution is -2.35. The Balaban J connectivity index is 1.84. The maximum Gasteiger partial charge on any atom is 0.272 e. The van der Waals surface area contributed by atoms with E-state index in [9.17, 15) is 4.79 Å². The van der Waals surface area contributed by atoms with E-state index < -0.39 is 0 Å². The number of aromatic amines is 1. The van der Waals surface area contributed by atoms with Crippen molar-refractivity contribution in [2.24, 2.45) is 10.7 Å². The van der Waals surface area contributed by atoms with E-state index in [4.69, 9.17) is 16.4 Å². The van der Waals surface area contributed by atoms with Gasteiger partial charge in [-0.2, -0.15) is 10.4 Å². The number of nitrogens with two attached hydrogens (primary N) is 1. The minimum absolute atomic E-state index is 0.0759. The van der Waals surface area contributed by atoms with Gasteiger partial charge in [0.2, 0.25) is 0 Å². The van der Waals surface area contributed by atoms with Crippen LogP contribution in [0, 0.1) is 16.7 Å². The molecule has 0 spiro atoms. The molecule has 3 rings (SSSR count). The van der Waals surface area contributed by atoms with Crippen LogP contribution in [0.25, 0.3) is 16.3 Å². The van der Waals surface area contributed by atoms with Crippen molar-refractivity contribution in [3.05, 3.63) is 46.0 Å². The van der Waals surface area contributed by atoms with Crippen molar-refractivity contribution in [2.45, 2.75) is 25.4 Å². The van der Waals surface area contributed by atoms with Gasteiger partial charge in [-0.05, 0) is 36.7 Å². The predicted octanol–water partition coefficient (Wildman–Crippen LogP) is 1.43. The Labute approximate surface area is 156 Å². The van der Waals surface area contributed by atoms with E-state index in [1.54, 1.807) is 6.07 Å². The zero-order valence-corrected chi connectivity index (χ0v) is 15.1. The molecule has 0 saturated carbocycles. The number of rotatable bonds is 6. The van der Waals surface area contributed by atoms with E-state index in [2.05, 4.69) is 20.1 Å². The normalized spacial score (nSPS) is 16.4. The van der Waals surface area contributed by atoms with E-state index in [1.807, 2.05) is 37.7 Å². The molecule has 1 aromatic carbocycles. The molecule has 2 aromatic rings. The molecule has 0 aliphatic carbocycles. The Morgan fingerprint density at radius 2 is 2.30 bits per heavy atom. The zero-order chi connectivity index (χ0) is 19.4. The number of nitrogens with zero attached hydrogens (tertiary/aromatic N) is 4. The molecule has 0 amide bonds. The van der Waals surface area contributed by atoms with Gasteiger partial charge in [0.15, 0.2) is 0 Å². The third kappa shape index (κ3) is 4.00. The van der Waals surface area contributed by atoms with Crippen LogP contribution in [-0.2, 0) is 6.54 Å². The monoisotopic (exact) mass is 363 g/mol. The van der Waals surface area contributed by atoms with Crippen LogP contribution < -0.4 is 11.3 Å². The van der Waals surface area contributed by atoms with Gasteiger partial charge in [0, 0.05) is 43.4 Å². The van der Waals surface area contributed by atoms with Crippen LogP contribution in [0.1, 0.15) is 24.1 Å². The summed E-state index contributed by atoms with van der Waals surface area (Å²) in [7, 11) is 1.96. The highest BCUT2D eigenvalue weighted by Crippen LogP contribution is 2.27. The molecule has 27 heavy (non-hydrogen) atoms. The minimum atomic E-state index is -0.234. The summed E-state index contributed by atoms with van der Waals surface area (Å²) >= 11 is 0. The Morgan fingerprint density at radius 3 is 3.04 bits per heavy atom. The summed E-state index contributed by atoms with van der Waals surface area (Å²) in [5, 5.41) is 24.0. The molecular weight excluding hydrogens is 342 g/mol. The molecule has 8 nitrogen and oxygen atoms in total. The summed E-state index contributed by atoms with van der Waals surface area (Å²) in [6.07, 6.45) is 4.87. The molecule has 0 fully saturated rings. The summed E-state index contributed by atoms with van der Waals surface area (Å²) in [6, 6.07) is 7.58. The largest absolute Gasteiger partial charge is 0.325 e. The average Bonchev–Trinajstić information content (AvgIpc) is 2.71. The Morgan fingerprint density at radius 1 is 1.48 bits per heavy atom. The van der Waals surface area contributed by atoms with Gasteiger partial charge in [-0.1, -0.05) is 6.07 Å². The first-order chi connectivity index (χ1) is 13.0. The standard InChI is InChI=1S/C19H21N7O/c1-26(5-4-14(22)8-20)15-6-13(10-23-11-15)12-2-3-16-17(7-12)18(9-21)24-25-19(16)27/h2-3,7,10-11,15,22H,4-6,9,21H2,1H3,(H,25,27). The summed E-state index contributed by atoms with van der Waals surface area (Å²) in [5.74, 6) is 0. The molecular formula is C19H21N7O. The lowest BCUT2D eigenvalue weighted by atomic mass is 9.95. The van der Waals surface area contributed by atoms with Crippen LogP contribution in [0.4, 0.5) is 0 Å². The van der Waals surface area contributed by atoms with Gasteiger partial charge in [-0.25, -0.2) is 5.10 Å². The van der Waals surface area contributed by atoms with Crippen LogP contribution in [0.5, 0.6) is 0 Å². The van der Waals surface area contributed by atoms with Gasteiger partial charge < -0.3 is 5.73 Å². The molecule has 1 aliphatic heterocycles. The number of benzene rings is 1. The second-order valence-electron chi connectivity index (χ2n) is 6.51. The van der Waals surface area contributed by atoms with E-state index in [0.29, 0.717) is 24.0 Å². The molecule has 0 bridgehead atoms. The van der Waals surface area contributed by atoms with E-state index in [-0.39, 0.29) is 23.9 Å². The third-order valence-corrected chi connectivity index (χ3v) is 4.76. The average molecular weight is 363 g/mol. The van der Waals surface area contributed by atoms with E-state index in [1.165, 1.54) is 0 Å². The van der Waals surface area contributed by atoms with Gasteiger partial charge in [0.1, 0.15) is 11.8 Å². The zero-order valence-electron chi connectivity index (χ0n) is 15.1.